The van der Waals surface area contributed by atoms with Crippen LogP contribution in [-0.4, -0.2) is 25.6 Å². The fourth-order valence-electron chi connectivity index (χ4n) is 2.03. The molecule has 1 N–H and O–H groups in total. The number of esters is 1. The van der Waals surface area contributed by atoms with Crippen LogP contribution in [-0.2, 0) is 20.5 Å². The molecule has 0 radical (unpaired) electrons. The van der Waals surface area contributed by atoms with Gasteiger partial charge >= 0.3 is 12.1 Å². The summed E-state index contributed by atoms with van der Waals surface area (Å²) in [5.74, 6) is -0.841. The Bertz CT molecular complexity index is 830. The van der Waals surface area contributed by atoms with Gasteiger partial charge in [-0.2, -0.15) is 13.2 Å². The van der Waals surface area contributed by atoms with Crippen molar-refractivity contribution in [1.29, 1.82) is 0 Å². The van der Waals surface area contributed by atoms with Crippen LogP contribution in [0.3, 0.4) is 0 Å². The zero-order valence-corrected chi connectivity index (χ0v) is 14.2. The first-order valence-corrected chi connectivity index (χ1v) is 7.74. The summed E-state index contributed by atoms with van der Waals surface area (Å²) in [5.41, 5.74) is -0.208. The number of rotatable bonds is 6. The molecule has 1 amide bonds. The molecule has 0 aliphatic heterocycles. The van der Waals surface area contributed by atoms with Crippen LogP contribution in [0.25, 0.3) is 6.08 Å². The zero-order valence-electron chi connectivity index (χ0n) is 14.2. The van der Waals surface area contributed by atoms with E-state index in [1.807, 2.05) is 0 Å². The van der Waals surface area contributed by atoms with Gasteiger partial charge in [-0.1, -0.05) is 18.2 Å². The predicted molar refractivity (Wildman–Crippen MR) is 93.1 cm³/mol. The molecule has 27 heavy (non-hydrogen) atoms. The fraction of sp³-hybridized carbons (Fsp3) is 0.158. The van der Waals surface area contributed by atoms with Crippen LogP contribution >= 0.6 is 0 Å². The number of carbonyl (C=O) groups is 2. The van der Waals surface area contributed by atoms with Crippen LogP contribution in [0.5, 0.6) is 5.75 Å². The maximum atomic E-state index is 12.6. The van der Waals surface area contributed by atoms with Crippen molar-refractivity contribution in [2.24, 2.45) is 0 Å². The lowest BCUT2D eigenvalue weighted by Gasteiger charge is -2.09. The third kappa shape index (κ3) is 6.50. The number of methoxy groups -OCH3 is 1. The average molecular weight is 379 g/mol. The van der Waals surface area contributed by atoms with Crippen LogP contribution < -0.4 is 10.1 Å². The van der Waals surface area contributed by atoms with Gasteiger partial charge < -0.3 is 14.8 Å². The summed E-state index contributed by atoms with van der Waals surface area (Å²) >= 11 is 0. The minimum Gasteiger partial charge on any atom is -0.497 e. The molecule has 0 unspecified atom stereocenters. The molecular weight excluding hydrogens is 363 g/mol. The first-order chi connectivity index (χ1) is 12.8. The number of halogens is 3. The molecule has 0 aromatic heterocycles. The van der Waals surface area contributed by atoms with Gasteiger partial charge in [0.1, 0.15) is 5.75 Å². The van der Waals surface area contributed by atoms with Crippen molar-refractivity contribution in [2.45, 2.75) is 6.18 Å². The van der Waals surface area contributed by atoms with Crippen molar-refractivity contribution < 1.29 is 32.2 Å². The number of anilines is 1. The van der Waals surface area contributed by atoms with Gasteiger partial charge in [0.2, 0.25) is 0 Å². The van der Waals surface area contributed by atoms with E-state index < -0.39 is 30.2 Å². The number of hydrogen-bond donors (Lipinski definition) is 1. The van der Waals surface area contributed by atoms with Crippen molar-refractivity contribution in [1.82, 2.24) is 0 Å². The second-order valence-corrected chi connectivity index (χ2v) is 5.34. The van der Waals surface area contributed by atoms with Crippen LogP contribution in [0.15, 0.2) is 54.6 Å². The number of carbonyl (C=O) groups excluding carboxylic acids is 2. The molecular formula is C19H16F3NO4. The van der Waals surface area contributed by atoms with E-state index in [1.54, 1.807) is 24.3 Å². The Balaban J connectivity index is 1.84. The smallest absolute Gasteiger partial charge is 0.416 e. The van der Waals surface area contributed by atoms with Gasteiger partial charge in [-0.3, -0.25) is 4.79 Å². The summed E-state index contributed by atoms with van der Waals surface area (Å²) in [6.07, 6.45) is -1.88. The number of nitrogens with one attached hydrogen (secondary N) is 1. The zero-order chi connectivity index (χ0) is 19.9. The van der Waals surface area contributed by atoms with Gasteiger partial charge in [0, 0.05) is 11.8 Å². The summed E-state index contributed by atoms with van der Waals surface area (Å²) in [6, 6.07) is 11.0. The van der Waals surface area contributed by atoms with Crippen LogP contribution in [0.2, 0.25) is 0 Å². The largest absolute Gasteiger partial charge is 0.497 e. The Morgan fingerprint density at radius 3 is 2.44 bits per heavy atom. The Labute approximate surface area is 153 Å². The normalized spacial score (nSPS) is 11.3. The Morgan fingerprint density at radius 2 is 1.81 bits per heavy atom. The van der Waals surface area contributed by atoms with Gasteiger partial charge in [-0.25, -0.2) is 4.79 Å². The van der Waals surface area contributed by atoms with E-state index in [2.05, 4.69) is 5.32 Å². The minimum absolute atomic E-state index is 0.0420. The van der Waals surface area contributed by atoms with Crippen LogP contribution in [0.1, 0.15) is 11.1 Å². The highest BCUT2D eigenvalue weighted by Gasteiger charge is 2.30. The van der Waals surface area contributed by atoms with E-state index in [4.69, 9.17) is 9.47 Å². The van der Waals surface area contributed by atoms with Crippen LogP contribution in [0.4, 0.5) is 18.9 Å². The highest BCUT2D eigenvalue weighted by Crippen LogP contribution is 2.30. The van der Waals surface area contributed by atoms with E-state index in [-0.39, 0.29) is 5.69 Å². The first-order valence-electron chi connectivity index (χ1n) is 7.74. The van der Waals surface area contributed by atoms with Crippen molar-refractivity contribution in [2.75, 3.05) is 19.0 Å². The third-order valence-electron chi connectivity index (χ3n) is 3.35. The minimum atomic E-state index is -4.51. The molecule has 0 spiro atoms. The van der Waals surface area contributed by atoms with E-state index in [0.29, 0.717) is 5.75 Å². The molecule has 0 saturated heterocycles. The molecule has 5 nitrogen and oxygen atoms in total. The molecule has 0 saturated carbocycles. The number of benzene rings is 2. The number of hydrogen-bond acceptors (Lipinski definition) is 4. The summed E-state index contributed by atoms with van der Waals surface area (Å²) < 4.78 is 47.7. The molecule has 0 heterocycles. The van der Waals surface area contributed by atoms with Gasteiger partial charge in [-0.05, 0) is 42.0 Å². The van der Waals surface area contributed by atoms with Gasteiger partial charge in [-0.15, -0.1) is 0 Å². The Hall–Kier alpha value is -3.29. The molecule has 0 atom stereocenters. The highest BCUT2D eigenvalue weighted by atomic mass is 19.4. The van der Waals surface area contributed by atoms with E-state index in [9.17, 15) is 22.8 Å². The molecule has 0 bridgehead atoms. The summed E-state index contributed by atoms with van der Waals surface area (Å²) in [5, 5.41) is 2.24. The summed E-state index contributed by atoms with van der Waals surface area (Å²) in [6.45, 7) is -0.623. The molecule has 2 aromatic carbocycles. The standard InChI is InChI=1S/C19H16F3NO4/c1-26-16-8-5-13(6-9-16)7-10-18(25)27-12-17(24)23-15-4-2-3-14(11-15)19(20,21)22/h2-11H,12H2,1H3,(H,23,24). The maximum absolute atomic E-state index is 12.6. The Kier molecular flexibility index (Phi) is 6.59. The SMILES string of the molecule is COc1ccc(C=CC(=O)OCC(=O)Nc2cccc(C(F)(F)F)c2)cc1. The lowest BCUT2D eigenvalue weighted by Crippen LogP contribution is -2.20. The average Bonchev–Trinajstić information content (AvgIpc) is 2.64. The topological polar surface area (TPSA) is 64.6 Å². The lowest BCUT2D eigenvalue weighted by molar-refractivity contribution is -0.142. The van der Waals surface area contributed by atoms with Crippen molar-refractivity contribution in [3.63, 3.8) is 0 Å². The van der Waals surface area contributed by atoms with E-state index >= 15 is 0 Å². The van der Waals surface area contributed by atoms with Crippen molar-refractivity contribution in [3.8, 4) is 5.75 Å². The molecule has 2 rings (SSSR count). The first kappa shape index (κ1) is 20.0. The highest BCUT2D eigenvalue weighted by molar-refractivity contribution is 5.94. The van der Waals surface area contributed by atoms with E-state index in [1.165, 1.54) is 25.3 Å². The predicted octanol–water partition coefficient (Wildman–Crippen LogP) is 3.91. The molecule has 142 valence electrons. The van der Waals surface area contributed by atoms with Crippen molar-refractivity contribution >= 4 is 23.6 Å². The van der Waals surface area contributed by atoms with Gasteiger partial charge in [0.25, 0.3) is 5.91 Å². The number of alkyl halides is 3. The summed E-state index contributed by atoms with van der Waals surface area (Å²) in [4.78, 5) is 23.3. The maximum Gasteiger partial charge on any atom is 0.416 e. The summed E-state index contributed by atoms with van der Waals surface area (Å²) in [7, 11) is 1.53. The number of ether oxygens (including phenoxy) is 2. The monoisotopic (exact) mass is 379 g/mol. The van der Waals surface area contributed by atoms with Gasteiger partial charge in [0.05, 0.1) is 12.7 Å². The second kappa shape index (κ2) is 8.88. The number of amides is 1. The quantitative estimate of drug-likeness (QED) is 0.611. The molecule has 0 fully saturated rings. The fourth-order valence-corrected chi connectivity index (χ4v) is 2.03. The third-order valence-corrected chi connectivity index (χ3v) is 3.35. The second-order valence-electron chi connectivity index (χ2n) is 5.34. The molecule has 0 aliphatic rings. The van der Waals surface area contributed by atoms with Crippen LogP contribution in [0, 0.1) is 0 Å². The van der Waals surface area contributed by atoms with E-state index in [0.717, 1.165) is 23.8 Å². The molecule has 8 heteroatoms. The molecule has 0 aliphatic carbocycles. The molecule has 2 aromatic rings. The van der Waals surface area contributed by atoms with Gasteiger partial charge in [0.15, 0.2) is 6.61 Å². The lowest BCUT2D eigenvalue weighted by atomic mass is 10.2. The van der Waals surface area contributed by atoms with Crippen molar-refractivity contribution in [3.05, 3.63) is 65.7 Å². The Morgan fingerprint density at radius 1 is 1.11 bits per heavy atom.